The summed E-state index contributed by atoms with van der Waals surface area (Å²) in [6, 6.07) is 8.34. The van der Waals surface area contributed by atoms with Crippen LogP contribution in [-0.2, 0) is 5.33 Å². The monoisotopic (exact) mass is 209 g/mol. The summed E-state index contributed by atoms with van der Waals surface area (Å²) in [5.41, 5.74) is 2.50. The van der Waals surface area contributed by atoms with Crippen LogP contribution in [0.1, 0.15) is 11.1 Å². The topological polar surface area (TPSA) is 0 Å². The van der Waals surface area contributed by atoms with Crippen molar-refractivity contribution in [2.75, 3.05) is 0 Å². The first kappa shape index (κ1) is 8.54. The van der Waals surface area contributed by atoms with E-state index >= 15 is 0 Å². The Morgan fingerprint density at radius 2 is 2.27 bits per heavy atom. The van der Waals surface area contributed by atoms with Crippen LogP contribution in [0.15, 0.2) is 30.3 Å². The van der Waals surface area contributed by atoms with Crippen LogP contribution in [-0.4, -0.2) is 0 Å². The Morgan fingerprint density at radius 1 is 1.45 bits per heavy atom. The molecule has 11 heavy (non-hydrogen) atoms. The van der Waals surface area contributed by atoms with E-state index < -0.39 is 0 Å². The highest BCUT2D eigenvalue weighted by Gasteiger charge is 1.89. The molecule has 0 heterocycles. The molecule has 0 atom stereocenters. The van der Waals surface area contributed by atoms with Crippen LogP contribution < -0.4 is 0 Å². The van der Waals surface area contributed by atoms with Gasteiger partial charge in [0, 0.05) is 5.33 Å². The maximum atomic E-state index is 3.64. The number of hydrogen-bond acceptors (Lipinski definition) is 0. The molecule has 1 aromatic carbocycles. The van der Waals surface area contributed by atoms with Gasteiger partial charge in [0.2, 0.25) is 0 Å². The van der Waals surface area contributed by atoms with Gasteiger partial charge in [0.15, 0.2) is 0 Å². The summed E-state index contributed by atoms with van der Waals surface area (Å²) >= 11 is 3.40. The van der Waals surface area contributed by atoms with Crippen LogP contribution in [0.4, 0.5) is 0 Å². The summed E-state index contributed by atoms with van der Waals surface area (Å²) in [5.74, 6) is 0. The Balaban J connectivity index is 2.91. The van der Waals surface area contributed by atoms with Crippen molar-refractivity contribution in [3.05, 3.63) is 48.4 Å². The largest absolute Gasteiger partial charge is 0.0876 e. The minimum atomic E-state index is 0.909. The quantitative estimate of drug-likeness (QED) is 0.656. The zero-order valence-electron chi connectivity index (χ0n) is 6.26. The second-order valence-corrected chi connectivity index (χ2v) is 2.84. The number of hydrogen-bond donors (Lipinski definition) is 0. The van der Waals surface area contributed by atoms with E-state index in [1.54, 1.807) is 6.08 Å². The molecule has 0 spiro atoms. The molecule has 0 unspecified atom stereocenters. The number of benzene rings is 1. The van der Waals surface area contributed by atoms with E-state index in [0.717, 1.165) is 5.33 Å². The molecule has 1 rings (SSSR count). The average Bonchev–Trinajstić information content (AvgIpc) is 2.06. The normalized spacial score (nSPS) is 10.7. The van der Waals surface area contributed by atoms with Gasteiger partial charge in [0.1, 0.15) is 0 Å². The van der Waals surface area contributed by atoms with Crippen molar-refractivity contribution in [1.29, 1.82) is 0 Å². The molecule has 0 aromatic heterocycles. The molecule has 0 amide bonds. The van der Waals surface area contributed by atoms with Gasteiger partial charge in [-0.15, -0.1) is 0 Å². The lowest BCUT2D eigenvalue weighted by Gasteiger charge is -1.96. The lowest BCUT2D eigenvalue weighted by molar-refractivity contribution is 1.43. The number of halogens is 1. The smallest absolute Gasteiger partial charge is 0.0283 e. The number of allylic oxidation sites excluding steroid dienone is 1. The fourth-order valence-corrected chi connectivity index (χ4v) is 1.26. The van der Waals surface area contributed by atoms with E-state index in [9.17, 15) is 0 Å². The summed E-state index contributed by atoms with van der Waals surface area (Å²) in [6.45, 7) is 3.64. The van der Waals surface area contributed by atoms with E-state index in [1.807, 2.05) is 12.1 Å². The van der Waals surface area contributed by atoms with Gasteiger partial charge >= 0.3 is 0 Å². The third-order valence-electron chi connectivity index (χ3n) is 1.42. The molecule has 1 heteroatoms. The third kappa shape index (κ3) is 2.51. The van der Waals surface area contributed by atoms with Crippen molar-refractivity contribution < 1.29 is 0 Å². The van der Waals surface area contributed by atoms with E-state index in [4.69, 9.17) is 0 Å². The molecular weight excluding hydrogens is 200 g/mol. The van der Waals surface area contributed by atoms with Crippen molar-refractivity contribution >= 4 is 22.0 Å². The Bertz CT molecular complexity index is 251. The fraction of sp³-hybridized carbons (Fsp3) is 0.100. The molecular formula is C10H10Br. The first-order chi connectivity index (χ1) is 5.36. The Labute approximate surface area is 76.1 Å². The van der Waals surface area contributed by atoms with Crippen LogP contribution in [0, 0.1) is 6.92 Å². The predicted molar refractivity (Wildman–Crippen MR) is 53.5 cm³/mol. The summed E-state index contributed by atoms with van der Waals surface area (Å²) < 4.78 is 0. The molecule has 0 saturated carbocycles. The van der Waals surface area contributed by atoms with Gasteiger partial charge in [-0.2, -0.15) is 0 Å². The maximum absolute atomic E-state index is 3.64. The Hall–Kier alpha value is -0.560. The molecule has 0 N–H and O–H groups in total. The van der Waals surface area contributed by atoms with Gasteiger partial charge in [0.25, 0.3) is 0 Å². The summed E-state index contributed by atoms with van der Waals surface area (Å²) in [5, 5.41) is 0.909. The zero-order chi connectivity index (χ0) is 8.10. The molecule has 0 aliphatic rings. The molecule has 1 aromatic rings. The van der Waals surface area contributed by atoms with E-state index in [-0.39, 0.29) is 0 Å². The first-order valence-electron chi connectivity index (χ1n) is 3.47. The van der Waals surface area contributed by atoms with E-state index in [2.05, 4.69) is 41.1 Å². The molecule has 0 aliphatic carbocycles. The van der Waals surface area contributed by atoms with Crippen LogP contribution in [0.5, 0.6) is 0 Å². The lowest BCUT2D eigenvalue weighted by Crippen LogP contribution is -1.77. The average molecular weight is 210 g/mol. The molecule has 0 fully saturated rings. The van der Waals surface area contributed by atoms with Crippen LogP contribution in [0.3, 0.4) is 0 Å². The van der Waals surface area contributed by atoms with E-state index in [0.29, 0.717) is 0 Å². The maximum Gasteiger partial charge on any atom is 0.0283 e. The molecule has 57 valence electrons. The Kier molecular flexibility index (Phi) is 3.37. The van der Waals surface area contributed by atoms with Crippen molar-refractivity contribution in [3.63, 3.8) is 0 Å². The lowest BCUT2D eigenvalue weighted by atomic mass is 10.1. The van der Waals surface area contributed by atoms with Crippen LogP contribution in [0.25, 0.3) is 6.08 Å². The van der Waals surface area contributed by atoms with Crippen LogP contribution in [0.2, 0.25) is 0 Å². The van der Waals surface area contributed by atoms with Gasteiger partial charge < -0.3 is 0 Å². The third-order valence-corrected chi connectivity index (χ3v) is 2.06. The highest BCUT2D eigenvalue weighted by Crippen LogP contribution is 2.09. The SMILES string of the molecule is [CH2]/C=C/c1cccc(CBr)c1. The zero-order valence-corrected chi connectivity index (χ0v) is 7.84. The molecule has 0 nitrogen and oxygen atoms in total. The highest BCUT2D eigenvalue weighted by atomic mass is 79.9. The van der Waals surface area contributed by atoms with Gasteiger partial charge in [-0.05, 0) is 18.1 Å². The van der Waals surface area contributed by atoms with Gasteiger partial charge in [-0.1, -0.05) is 52.3 Å². The number of rotatable bonds is 2. The second-order valence-electron chi connectivity index (χ2n) is 2.28. The summed E-state index contributed by atoms with van der Waals surface area (Å²) in [4.78, 5) is 0. The summed E-state index contributed by atoms with van der Waals surface area (Å²) in [6.07, 6.45) is 3.79. The minimum absolute atomic E-state index is 0.909. The predicted octanol–water partition coefficient (Wildman–Crippen LogP) is 3.43. The van der Waals surface area contributed by atoms with Crippen molar-refractivity contribution in [1.82, 2.24) is 0 Å². The van der Waals surface area contributed by atoms with Gasteiger partial charge in [-0.25, -0.2) is 0 Å². The molecule has 0 bridgehead atoms. The van der Waals surface area contributed by atoms with Gasteiger partial charge in [-0.3, -0.25) is 0 Å². The minimum Gasteiger partial charge on any atom is -0.0876 e. The summed E-state index contributed by atoms with van der Waals surface area (Å²) in [7, 11) is 0. The Morgan fingerprint density at radius 3 is 2.91 bits per heavy atom. The van der Waals surface area contributed by atoms with Crippen molar-refractivity contribution in [3.8, 4) is 0 Å². The van der Waals surface area contributed by atoms with Crippen molar-refractivity contribution in [2.24, 2.45) is 0 Å². The molecule has 0 aliphatic heterocycles. The highest BCUT2D eigenvalue weighted by molar-refractivity contribution is 9.08. The number of alkyl halides is 1. The fourth-order valence-electron chi connectivity index (χ4n) is 0.916. The standard InChI is InChI=1S/C10H10Br/c1-2-4-9-5-3-6-10(7-9)8-11/h2-7H,1,8H2/b4-2+. The van der Waals surface area contributed by atoms with Gasteiger partial charge in [0.05, 0.1) is 0 Å². The first-order valence-corrected chi connectivity index (χ1v) is 4.59. The molecule has 1 radical (unpaired) electrons. The van der Waals surface area contributed by atoms with Crippen molar-refractivity contribution in [2.45, 2.75) is 5.33 Å². The second kappa shape index (κ2) is 4.35. The van der Waals surface area contributed by atoms with Crippen LogP contribution >= 0.6 is 15.9 Å². The van der Waals surface area contributed by atoms with E-state index in [1.165, 1.54) is 11.1 Å². The molecule has 0 saturated heterocycles.